The number of aromatic carboxylic acids is 1. The maximum Gasteiger partial charge on any atom is 1.00 e. The van der Waals surface area contributed by atoms with Crippen LogP contribution in [0.25, 0.3) is 24.3 Å². The van der Waals surface area contributed by atoms with Gasteiger partial charge in [-0.3, -0.25) is 90.5 Å². The van der Waals surface area contributed by atoms with Crippen LogP contribution in [0.3, 0.4) is 0 Å². The van der Waals surface area contributed by atoms with Crippen LogP contribution < -0.4 is 78.9 Å². The molecule has 0 radical (unpaired) electrons. The number of aldehydes is 1. The van der Waals surface area contributed by atoms with Crippen molar-refractivity contribution in [3.63, 3.8) is 0 Å². The first kappa shape index (κ1) is 141. The molecule has 53 nitrogen and oxygen atoms in total. The van der Waals surface area contributed by atoms with Crippen LogP contribution in [0, 0.1) is 100 Å². The summed E-state index contributed by atoms with van der Waals surface area (Å²) >= 11 is 0. The number of nitrogen functional groups attached to an aromatic ring is 1. The summed E-state index contributed by atoms with van der Waals surface area (Å²) < 4.78 is 79.3. The van der Waals surface area contributed by atoms with Gasteiger partial charge in [0.25, 0.3) is 34.1 Å². The number of methoxy groups -OCH3 is 6. The van der Waals surface area contributed by atoms with Crippen LogP contribution in [0.4, 0.5) is 51.2 Å². The molecule has 0 aliphatic carbocycles. The van der Waals surface area contributed by atoms with Gasteiger partial charge in [0.05, 0.1) is 197 Å². The molecule has 0 fully saturated rings. The van der Waals surface area contributed by atoms with E-state index in [1.807, 2.05) is 26.8 Å². The second-order valence-corrected chi connectivity index (χ2v) is 30.9. The Morgan fingerprint density at radius 3 is 0.973 bits per heavy atom. The first-order valence-electron chi connectivity index (χ1n) is 42.9. The van der Waals surface area contributed by atoms with Crippen molar-refractivity contribution in [2.45, 2.75) is 83.3 Å². The van der Waals surface area contributed by atoms with Crippen molar-refractivity contribution in [1.29, 1.82) is 5.53 Å². The molecular weight excluding hydrogens is 2020 g/mol. The number of benzene rings is 8. The third-order valence-electron chi connectivity index (χ3n) is 16.9. The molecule has 8 aromatic rings. The number of anilines is 1. The van der Waals surface area contributed by atoms with Crippen molar-refractivity contribution >= 4 is 131 Å². The molecular formula is C95H122N12NaO41P. The number of aliphatic hydroxyl groups excluding tert-OH is 1. The number of non-ortho nitro benzene ring substituents is 5. The van der Waals surface area contributed by atoms with E-state index in [0.29, 0.717) is 102 Å². The Kier molecular flexibility index (Phi) is 73.7. The maximum atomic E-state index is 11.3. The molecule has 814 valence electrons. The molecule has 0 aliphatic heterocycles. The number of nitro groups is 8. The minimum Gasteiger partial charge on any atom is -1.00 e. The molecule has 0 atom stereocenters. The summed E-state index contributed by atoms with van der Waals surface area (Å²) in [4.78, 5) is 167. The number of aryl methyl sites for hydroxylation is 2. The van der Waals surface area contributed by atoms with Crippen LogP contribution >= 0.6 is 7.14 Å². The molecule has 0 bridgehead atoms. The van der Waals surface area contributed by atoms with Crippen LogP contribution in [-0.4, -0.2) is 227 Å². The summed E-state index contributed by atoms with van der Waals surface area (Å²) in [5.74, 6) is -1.88. The van der Waals surface area contributed by atoms with Gasteiger partial charge in [0.1, 0.15) is 57.1 Å². The molecule has 0 spiro atoms. The summed E-state index contributed by atoms with van der Waals surface area (Å²) in [6, 6.07) is 27.9. The smallest absolute Gasteiger partial charge is 1.00 e. The summed E-state index contributed by atoms with van der Waals surface area (Å²) in [6.45, 7) is 23.4. The van der Waals surface area contributed by atoms with Crippen molar-refractivity contribution in [2.75, 3.05) is 135 Å². The fourth-order valence-electron chi connectivity index (χ4n) is 10.4. The number of esters is 6. The molecule has 0 aromatic heterocycles. The minimum absolute atomic E-state index is 0. The van der Waals surface area contributed by atoms with Crippen LogP contribution in [0.1, 0.15) is 134 Å². The van der Waals surface area contributed by atoms with Gasteiger partial charge in [0.2, 0.25) is 0 Å². The van der Waals surface area contributed by atoms with E-state index in [0.717, 1.165) is 47.5 Å². The third kappa shape index (κ3) is 54.7. The summed E-state index contributed by atoms with van der Waals surface area (Å²) in [7, 11) is 8.26. The fourth-order valence-corrected chi connectivity index (χ4v) is 11.1. The number of hydrogen-bond donors (Lipinski definition) is 5. The van der Waals surface area contributed by atoms with E-state index in [1.165, 1.54) is 172 Å². The van der Waals surface area contributed by atoms with Gasteiger partial charge >= 0.3 is 82.7 Å². The van der Waals surface area contributed by atoms with Gasteiger partial charge in [-0.05, 0) is 168 Å². The van der Waals surface area contributed by atoms with E-state index in [4.69, 9.17) is 59.4 Å². The van der Waals surface area contributed by atoms with E-state index in [9.17, 15) is 124 Å². The Bertz CT molecular complexity index is 6020. The van der Waals surface area contributed by atoms with Crippen LogP contribution in [0.5, 0.6) is 46.0 Å². The minimum atomic E-state index is -2.21. The van der Waals surface area contributed by atoms with E-state index < -0.39 is 99.7 Å². The van der Waals surface area contributed by atoms with Crippen molar-refractivity contribution in [3.05, 3.63) is 288 Å². The van der Waals surface area contributed by atoms with Gasteiger partial charge in [-0.2, -0.15) is 0 Å². The largest absolute Gasteiger partial charge is 1.00 e. The molecule has 0 saturated heterocycles. The van der Waals surface area contributed by atoms with Crippen LogP contribution in [-0.2, 0) is 63.6 Å². The number of nitrogens with one attached hydrogen (secondary N) is 1. The molecule has 0 aliphatic rings. The summed E-state index contributed by atoms with van der Waals surface area (Å²) in [5.41, 5.74) is 19.3. The zero-order chi connectivity index (χ0) is 114. The van der Waals surface area contributed by atoms with E-state index in [1.54, 1.807) is 80.0 Å². The Morgan fingerprint density at radius 1 is 0.387 bits per heavy atom. The van der Waals surface area contributed by atoms with Crippen molar-refractivity contribution in [2.24, 2.45) is 10.8 Å². The average Bonchev–Trinajstić information content (AvgIpc) is 0.806. The number of carbonyl (C=O) groups is 8. The number of carboxylic acid groups (broad SMARTS) is 1. The van der Waals surface area contributed by atoms with Gasteiger partial charge in [0.15, 0.2) is 6.29 Å². The molecule has 8 rings (SSSR count). The van der Waals surface area contributed by atoms with Gasteiger partial charge < -0.3 is 94.0 Å². The first-order chi connectivity index (χ1) is 69.9. The normalized spacial score (nSPS) is 9.80. The summed E-state index contributed by atoms with van der Waals surface area (Å²) in [5, 5.41) is 106. The number of carboxylic acids is 1. The Hall–Kier alpha value is -17.2. The molecule has 7 N–H and O–H groups in total. The molecule has 8 aromatic carbocycles. The SMILES string of the molecule is C.CCOc1cc(C)c(N)cc1/C=C/C(=O)OC.CCOc1cc(C)c([N+](=O)[O-])cc1/C=C/C(=O)OC.CCOc1cc([N+](=O)[O-])c([N+](=O)[O-])cc1/C=C/C(=O)OC.CCOc1cc([N+](=O)[O-])ccc1/C=C/C(=O)OC.CCOc1cc([N+](=O)[O-])ccc1C(=O)O.CCOc1cc([N+](=O)[O-])ccc1C(=O)OC.CCOc1cc([N+](=O)[O-])ccc1C=O.CCOc1cc([N+](=O)[O-])ccc1CO.CN.CN=N.COC(=O)CP(C)(C)=O.[H-].[Na+]. The van der Waals surface area contributed by atoms with Crippen molar-refractivity contribution in [3.8, 4) is 46.0 Å². The molecule has 0 heterocycles. The van der Waals surface area contributed by atoms with Crippen LogP contribution in [0.2, 0.25) is 0 Å². The number of rotatable bonds is 38. The molecule has 150 heavy (non-hydrogen) atoms. The van der Waals surface area contributed by atoms with Gasteiger partial charge in [-0.15, -0.1) is 0 Å². The number of aliphatic hydroxyl groups is 1. The molecule has 0 amide bonds. The standard InChI is InChI=1S/C13H15NO5.C13H17NO3.C12H12N2O7.C12H13NO5.C10H11NO5.C9H9NO5.C9H11NO4.C9H9NO4.C5H11O3P.CH4N2.CH5N.CH4.Na.H/c1-4-19-12-7-9(2)11(14(16)17)8-10(12)5-6-13(15)18-3;1-4-17-12-7-9(2)11(14)8-10(12)5-6-13(15)16-3;1-3-21-11-7-10(14(18)19)9(13(16)17)6-8(11)4-5-12(15)20-2;1-3-18-11-8-10(13(15)16)6-4-9(11)5-7-12(14)17-2;1-3-16-9-6-7(11(13)14)4-5-8(9)10(12)15-2;1-2-15-8-5-6(10(13)14)3-4-7(8)9(11)12;2*1-2-14-9-5-8(10(12)13)4-3-7(9)6-11;1-8-5(6)4-9(2,3)7;1-3-2;1-2;;;/h5-8H,4H2,1-3H3;5-8H,4,14H2,1-3H3;4-7H,3H2,1-2H3;4-8H,3H2,1-2H3;4-6H,3H2,1-2H3;3-5H,2H2,1H3,(H,11,12);3-5,11H,2,6H2,1H3;3-6H,2H2,1H3;4H2,1-3H3;2H,1H3;2H2,1H3;1H4;;/q;;;;;;;;;;;;+1;-1/b2*6-5+;5-4+;7-5+;;;;;;;;;;. The zero-order valence-corrected chi connectivity index (χ0v) is 88.2. The second kappa shape index (κ2) is 78.2. The van der Waals surface area contributed by atoms with Gasteiger partial charge in [0, 0.05) is 113 Å². The third-order valence-corrected chi connectivity index (χ3v) is 17.9. The number of hydrogen-bond acceptors (Lipinski definition) is 44. The Balaban J connectivity index is -0.000000391. The molecule has 55 heteroatoms. The predicted molar refractivity (Wildman–Crippen MR) is 547 cm³/mol. The monoisotopic (exact) mass is 2140 g/mol. The van der Waals surface area contributed by atoms with Gasteiger partial charge in [-0.1, -0.05) is 7.43 Å². The summed E-state index contributed by atoms with van der Waals surface area (Å²) in [6.07, 6.45) is 11.2. The fraction of sp³-hybridized carbons (Fsp3) is 0.326. The van der Waals surface area contributed by atoms with E-state index >= 15 is 0 Å². The Labute approximate surface area is 884 Å². The first-order valence-corrected chi connectivity index (χ1v) is 45.7. The van der Waals surface area contributed by atoms with E-state index in [-0.39, 0.29) is 138 Å². The number of carbonyl (C=O) groups excluding carboxylic acids is 7. The number of ether oxygens (including phenoxy) is 14. The van der Waals surface area contributed by atoms with Crippen LogP contribution in [0.15, 0.2) is 157 Å². The van der Waals surface area contributed by atoms with Crippen molar-refractivity contribution in [1.82, 2.24) is 0 Å². The average molecular weight is 2140 g/mol. The number of nitro benzene ring substituents is 8. The van der Waals surface area contributed by atoms with Crippen molar-refractivity contribution < 1.29 is 190 Å². The molecule has 0 unspecified atom stereocenters. The Morgan fingerprint density at radius 2 is 0.660 bits per heavy atom. The number of nitrogens with zero attached hydrogens (tertiary/aromatic N) is 9. The predicted octanol–water partition coefficient (Wildman–Crippen LogP) is 14.4. The second-order valence-electron chi connectivity index (χ2n) is 27.5. The zero-order valence-electron chi connectivity index (χ0n) is 86.3. The molecule has 0 saturated carbocycles. The quantitative estimate of drug-likeness (QED) is 0.00229. The van der Waals surface area contributed by atoms with E-state index in [2.05, 4.69) is 39.3 Å². The maximum absolute atomic E-state index is 11.3. The number of nitrogens with two attached hydrogens (primary N) is 2. The van der Waals surface area contributed by atoms with Gasteiger partial charge in [-0.25, -0.2) is 39.4 Å². The topological polar surface area (TPSA) is 757 Å².